The number of carbonyl (C=O) groups is 1. The minimum Gasteiger partial charge on any atom is -0.371 e. The molecule has 0 atom stereocenters. The van der Waals surface area contributed by atoms with Crippen LogP contribution in [0.4, 0.5) is 24.5 Å². The average Bonchev–Trinajstić information content (AvgIpc) is 3.29. The van der Waals surface area contributed by atoms with Crippen LogP contribution in [-0.4, -0.2) is 48.0 Å². The fourth-order valence-corrected chi connectivity index (χ4v) is 4.45. The van der Waals surface area contributed by atoms with Crippen molar-refractivity contribution in [2.45, 2.75) is 37.9 Å². The lowest BCUT2D eigenvalue weighted by Crippen LogP contribution is -2.44. The van der Waals surface area contributed by atoms with Gasteiger partial charge in [0.05, 0.1) is 17.4 Å². The quantitative estimate of drug-likeness (QED) is 0.658. The SMILES string of the molecule is O=C(Nc1ccc(Cl)nc1)c1cc(N2CCC(N3CCCC3)CC2)cc(C(F)(F)F)c1. The van der Waals surface area contributed by atoms with E-state index in [0.717, 1.165) is 38.1 Å². The van der Waals surface area contributed by atoms with Gasteiger partial charge in [0.25, 0.3) is 5.91 Å². The lowest BCUT2D eigenvalue weighted by Gasteiger charge is -2.38. The van der Waals surface area contributed by atoms with E-state index in [1.165, 1.54) is 31.2 Å². The number of aromatic nitrogens is 1. The van der Waals surface area contributed by atoms with Gasteiger partial charge < -0.3 is 15.1 Å². The Labute approximate surface area is 184 Å². The second-order valence-corrected chi connectivity index (χ2v) is 8.44. The van der Waals surface area contributed by atoms with Crippen molar-refractivity contribution in [3.63, 3.8) is 0 Å². The number of amides is 1. The molecule has 1 aromatic heterocycles. The van der Waals surface area contributed by atoms with Gasteiger partial charge in [-0.3, -0.25) is 4.79 Å². The number of alkyl halides is 3. The third kappa shape index (κ3) is 5.30. The topological polar surface area (TPSA) is 48.5 Å². The average molecular weight is 453 g/mol. The summed E-state index contributed by atoms with van der Waals surface area (Å²) in [5.41, 5.74) is -0.0821. The highest BCUT2D eigenvalue weighted by Crippen LogP contribution is 2.34. The number of pyridine rings is 1. The lowest BCUT2D eigenvalue weighted by molar-refractivity contribution is -0.137. The Morgan fingerprint density at radius 3 is 2.39 bits per heavy atom. The summed E-state index contributed by atoms with van der Waals surface area (Å²) in [6, 6.07) is 7.09. The second-order valence-electron chi connectivity index (χ2n) is 8.05. The van der Waals surface area contributed by atoms with Crippen molar-refractivity contribution in [3.8, 4) is 0 Å². The van der Waals surface area contributed by atoms with Gasteiger partial charge in [-0.25, -0.2) is 4.98 Å². The minimum atomic E-state index is -4.54. The second kappa shape index (κ2) is 9.04. The van der Waals surface area contributed by atoms with Crippen molar-refractivity contribution in [2.24, 2.45) is 0 Å². The van der Waals surface area contributed by atoms with Crippen LogP contribution >= 0.6 is 11.6 Å². The van der Waals surface area contributed by atoms with Gasteiger partial charge in [-0.2, -0.15) is 13.2 Å². The van der Waals surface area contributed by atoms with E-state index in [2.05, 4.69) is 15.2 Å². The Morgan fingerprint density at radius 1 is 1.06 bits per heavy atom. The Bertz CT molecular complexity index is 921. The molecular weight excluding hydrogens is 429 g/mol. The summed E-state index contributed by atoms with van der Waals surface area (Å²) in [6.45, 7) is 3.56. The number of carbonyl (C=O) groups excluding carboxylic acids is 1. The molecule has 31 heavy (non-hydrogen) atoms. The van der Waals surface area contributed by atoms with Gasteiger partial charge in [0.1, 0.15) is 5.15 Å². The van der Waals surface area contributed by atoms with Crippen molar-refractivity contribution < 1.29 is 18.0 Å². The molecule has 4 rings (SSSR count). The smallest absolute Gasteiger partial charge is 0.371 e. The van der Waals surface area contributed by atoms with Gasteiger partial charge in [-0.15, -0.1) is 0 Å². The minimum absolute atomic E-state index is 0.0403. The molecule has 1 N–H and O–H groups in total. The zero-order valence-corrected chi connectivity index (χ0v) is 17.7. The van der Waals surface area contributed by atoms with Gasteiger partial charge in [0, 0.05) is 30.4 Å². The summed E-state index contributed by atoms with van der Waals surface area (Å²) in [5, 5.41) is 2.85. The maximum atomic E-state index is 13.5. The zero-order chi connectivity index (χ0) is 22.0. The van der Waals surface area contributed by atoms with Gasteiger partial charge in [-0.05, 0) is 69.1 Å². The number of nitrogens with zero attached hydrogens (tertiary/aromatic N) is 3. The molecule has 0 spiro atoms. The van der Waals surface area contributed by atoms with Crippen LogP contribution in [0.3, 0.4) is 0 Å². The summed E-state index contributed by atoms with van der Waals surface area (Å²) >= 11 is 5.74. The van der Waals surface area contributed by atoms with E-state index in [1.54, 1.807) is 6.07 Å². The molecule has 166 valence electrons. The van der Waals surface area contributed by atoms with Crippen LogP contribution in [0.25, 0.3) is 0 Å². The molecule has 2 aliphatic rings. The highest BCUT2D eigenvalue weighted by atomic mass is 35.5. The molecule has 1 aromatic carbocycles. The number of halogens is 4. The summed E-state index contributed by atoms with van der Waals surface area (Å²) in [5.74, 6) is -0.622. The van der Waals surface area contributed by atoms with Crippen LogP contribution in [0.5, 0.6) is 0 Å². The number of piperidine rings is 1. The molecule has 0 bridgehead atoms. The maximum Gasteiger partial charge on any atom is 0.416 e. The third-order valence-electron chi connectivity index (χ3n) is 5.98. The van der Waals surface area contributed by atoms with E-state index in [-0.39, 0.29) is 10.7 Å². The largest absolute Gasteiger partial charge is 0.416 e. The number of anilines is 2. The van der Waals surface area contributed by atoms with Crippen molar-refractivity contribution in [2.75, 3.05) is 36.4 Å². The van der Waals surface area contributed by atoms with Crippen LogP contribution in [0.1, 0.15) is 41.6 Å². The molecule has 2 aliphatic heterocycles. The molecule has 2 fully saturated rings. The number of nitrogens with one attached hydrogen (secondary N) is 1. The molecule has 5 nitrogen and oxygen atoms in total. The molecule has 0 unspecified atom stereocenters. The molecule has 2 aromatic rings. The van der Waals surface area contributed by atoms with E-state index in [9.17, 15) is 18.0 Å². The highest BCUT2D eigenvalue weighted by molar-refractivity contribution is 6.29. The summed E-state index contributed by atoms with van der Waals surface area (Å²) in [7, 11) is 0. The Hall–Kier alpha value is -2.32. The van der Waals surface area contributed by atoms with Gasteiger partial charge in [-0.1, -0.05) is 11.6 Å². The first-order chi connectivity index (χ1) is 14.8. The number of hydrogen-bond acceptors (Lipinski definition) is 4. The van der Waals surface area contributed by atoms with E-state index in [4.69, 9.17) is 11.6 Å². The molecule has 9 heteroatoms. The molecule has 0 radical (unpaired) electrons. The first kappa shape index (κ1) is 21.9. The number of hydrogen-bond donors (Lipinski definition) is 1. The van der Waals surface area contributed by atoms with E-state index in [1.807, 2.05) is 4.90 Å². The fraction of sp³-hybridized carbons (Fsp3) is 0.455. The standard InChI is InChI=1S/C22H24ClF3N4O/c23-20-4-3-17(14-27-20)28-21(31)15-11-16(22(24,25)26)13-19(12-15)30-9-5-18(6-10-30)29-7-1-2-8-29/h3-4,11-14,18H,1-2,5-10H2,(H,28,31). The predicted molar refractivity (Wildman–Crippen MR) is 115 cm³/mol. The van der Waals surface area contributed by atoms with Crippen molar-refractivity contribution >= 4 is 28.9 Å². The van der Waals surface area contributed by atoms with E-state index < -0.39 is 17.6 Å². The van der Waals surface area contributed by atoms with Crippen LogP contribution in [-0.2, 0) is 6.18 Å². The first-order valence-corrected chi connectivity index (χ1v) is 10.8. The molecule has 1 amide bonds. The number of benzene rings is 1. The lowest BCUT2D eigenvalue weighted by atomic mass is 10.0. The molecule has 0 aliphatic carbocycles. The third-order valence-corrected chi connectivity index (χ3v) is 6.20. The number of rotatable bonds is 4. The maximum absolute atomic E-state index is 13.5. The summed E-state index contributed by atoms with van der Waals surface area (Å²) in [6.07, 6.45) is 1.08. The van der Waals surface area contributed by atoms with Crippen LogP contribution in [0.2, 0.25) is 5.15 Å². The number of likely N-dealkylation sites (tertiary alicyclic amines) is 1. The zero-order valence-electron chi connectivity index (χ0n) is 17.0. The highest BCUT2D eigenvalue weighted by Gasteiger charge is 2.33. The Balaban J connectivity index is 1.53. The van der Waals surface area contributed by atoms with E-state index in [0.29, 0.717) is 30.5 Å². The van der Waals surface area contributed by atoms with Gasteiger partial charge in [0.15, 0.2) is 0 Å². The van der Waals surface area contributed by atoms with Crippen molar-refractivity contribution in [1.29, 1.82) is 0 Å². The van der Waals surface area contributed by atoms with Crippen molar-refractivity contribution in [1.82, 2.24) is 9.88 Å². The summed E-state index contributed by atoms with van der Waals surface area (Å²) in [4.78, 5) is 21.0. The van der Waals surface area contributed by atoms with Gasteiger partial charge in [0.2, 0.25) is 0 Å². The van der Waals surface area contributed by atoms with Crippen LogP contribution in [0.15, 0.2) is 36.5 Å². The van der Waals surface area contributed by atoms with Crippen molar-refractivity contribution in [3.05, 3.63) is 52.8 Å². The first-order valence-electron chi connectivity index (χ1n) is 10.4. The van der Waals surface area contributed by atoms with Crippen LogP contribution in [0, 0.1) is 0 Å². The molecule has 3 heterocycles. The predicted octanol–water partition coefficient (Wildman–Crippen LogP) is 5.07. The molecular formula is C22H24ClF3N4O. The fourth-order valence-electron chi connectivity index (χ4n) is 4.34. The van der Waals surface area contributed by atoms with Gasteiger partial charge >= 0.3 is 6.18 Å². The normalized spacial score (nSPS) is 18.4. The van der Waals surface area contributed by atoms with E-state index >= 15 is 0 Å². The molecule has 2 saturated heterocycles. The Kier molecular flexibility index (Phi) is 6.39. The Morgan fingerprint density at radius 2 is 1.77 bits per heavy atom. The monoisotopic (exact) mass is 452 g/mol. The summed E-state index contributed by atoms with van der Waals surface area (Å²) < 4.78 is 40.6. The van der Waals surface area contributed by atoms with Crippen LogP contribution < -0.4 is 10.2 Å². The molecule has 0 saturated carbocycles.